The first-order valence-electron chi connectivity index (χ1n) is 7.68. The monoisotopic (exact) mass is 349 g/mol. The minimum Gasteiger partial charge on any atom is -0.505 e. The van der Waals surface area contributed by atoms with Gasteiger partial charge < -0.3 is 10.8 Å². The Labute approximate surface area is 142 Å². The third-order valence-corrected chi connectivity index (χ3v) is 4.00. The van der Waals surface area contributed by atoms with Crippen LogP contribution in [0.15, 0.2) is 36.4 Å². The zero-order chi connectivity index (χ0) is 18.6. The minimum atomic E-state index is -4.63. The number of hydrogen-bond donors (Lipinski definition) is 2. The van der Waals surface area contributed by atoms with Gasteiger partial charge in [-0.3, -0.25) is 4.57 Å². The number of nitrogen functional groups attached to an aromatic ring is 1. The summed E-state index contributed by atoms with van der Waals surface area (Å²) in [6.07, 6.45) is -4.63. The highest BCUT2D eigenvalue weighted by molar-refractivity contribution is 5.79. The van der Waals surface area contributed by atoms with Gasteiger partial charge >= 0.3 is 6.18 Å². The molecule has 3 N–H and O–H groups in total. The summed E-state index contributed by atoms with van der Waals surface area (Å²) in [6.45, 7) is 5.55. The fraction of sp³-hybridized carbons (Fsp3) is 0.278. The van der Waals surface area contributed by atoms with E-state index in [9.17, 15) is 18.3 Å². The van der Waals surface area contributed by atoms with Gasteiger partial charge in [0.05, 0.1) is 22.4 Å². The molecule has 0 aliphatic heterocycles. The number of halogens is 3. The van der Waals surface area contributed by atoms with Gasteiger partial charge in [0.1, 0.15) is 5.75 Å². The second-order valence-corrected chi connectivity index (χ2v) is 6.94. The topological polar surface area (TPSA) is 64.1 Å². The highest BCUT2D eigenvalue weighted by Crippen LogP contribution is 2.39. The smallest absolute Gasteiger partial charge is 0.450 e. The molecule has 4 nitrogen and oxygen atoms in total. The van der Waals surface area contributed by atoms with E-state index in [4.69, 9.17) is 5.73 Å². The van der Waals surface area contributed by atoms with Crippen LogP contribution in [0.5, 0.6) is 5.75 Å². The number of aromatic nitrogens is 2. The molecule has 0 bridgehead atoms. The molecule has 1 aromatic heterocycles. The van der Waals surface area contributed by atoms with E-state index in [0.717, 1.165) is 4.57 Å². The van der Waals surface area contributed by atoms with Gasteiger partial charge in [0.15, 0.2) is 0 Å². The molecular weight excluding hydrogens is 331 g/mol. The van der Waals surface area contributed by atoms with Crippen LogP contribution in [0.1, 0.15) is 32.2 Å². The molecule has 132 valence electrons. The molecule has 0 saturated heterocycles. The number of anilines is 1. The summed E-state index contributed by atoms with van der Waals surface area (Å²) >= 11 is 0. The SMILES string of the molecule is CC(C)(C)c1cc(-n2c(C(F)(F)F)nc3ccccc32)cc(N)c1O. The molecule has 7 heteroatoms. The molecule has 0 fully saturated rings. The first-order valence-corrected chi connectivity index (χ1v) is 7.68. The zero-order valence-electron chi connectivity index (χ0n) is 14.0. The quantitative estimate of drug-likeness (QED) is 0.497. The van der Waals surface area contributed by atoms with E-state index >= 15 is 0 Å². The average molecular weight is 349 g/mol. The highest BCUT2D eigenvalue weighted by atomic mass is 19.4. The summed E-state index contributed by atoms with van der Waals surface area (Å²) in [5.74, 6) is -1.15. The fourth-order valence-corrected chi connectivity index (χ4v) is 2.82. The molecule has 0 aliphatic carbocycles. The molecular formula is C18H18F3N3O. The Balaban J connectivity index is 2.39. The molecule has 0 saturated carbocycles. The van der Waals surface area contributed by atoms with Crippen LogP contribution in [0, 0.1) is 0 Å². The third kappa shape index (κ3) is 2.90. The van der Waals surface area contributed by atoms with Gasteiger partial charge in [-0.1, -0.05) is 32.9 Å². The number of aromatic hydroxyl groups is 1. The summed E-state index contributed by atoms with van der Waals surface area (Å²) in [7, 11) is 0. The average Bonchev–Trinajstić information content (AvgIpc) is 2.88. The molecule has 0 atom stereocenters. The minimum absolute atomic E-state index is 0.0216. The van der Waals surface area contributed by atoms with Crippen LogP contribution in [-0.2, 0) is 11.6 Å². The van der Waals surface area contributed by atoms with Crippen molar-refractivity contribution in [1.29, 1.82) is 0 Å². The summed E-state index contributed by atoms with van der Waals surface area (Å²) in [5, 5.41) is 10.2. The lowest BCUT2D eigenvalue weighted by Gasteiger charge is -2.23. The molecule has 0 amide bonds. The number of hydrogen-bond acceptors (Lipinski definition) is 3. The summed E-state index contributed by atoms with van der Waals surface area (Å²) in [4.78, 5) is 3.74. The van der Waals surface area contributed by atoms with Crippen molar-refractivity contribution < 1.29 is 18.3 Å². The van der Waals surface area contributed by atoms with Gasteiger partial charge in [-0.15, -0.1) is 0 Å². The van der Waals surface area contributed by atoms with Crippen molar-refractivity contribution >= 4 is 16.7 Å². The molecule has 25 heavy (non-hydrogen) atoms. The molecule has 0 unspecified atom stereocenters. The molecule has 0 radical (unpaired) electrons. The Morgan fingerprint density at radius 1 is 1.08 bits per heavy atom. The molecule has 1 heterocycles. The van der Waals surface area contributed by atoms with Crippen LogP contribution in [0.4, 0.5) is 18.9 Å². The van der Waals surface area contributed by atoms with Crippen LogP contribution in [0.2, 0.25) is 0 Å². The number of para-hydroxylation sites is 2. The first kappa shape index (κ1) is 17.1. The maximum Gasteiger partial charge on any atom is 0.450 e. The lowest BCUT2D eigenvalue weighted by Crippen LogP contribution is -2.16. The van der Waals surface area contributed by atoms with Crippen LogP contribution in [-0.4, -0.2) is 14.7 Å². The number of imidazole rings is 1. The van der Waals surface area contributed by atoms with E-state index < -0.39 is 17.4 Å². The predicted molar refractivity (Wildman–Crippen MR) is 90.8 cm³/mol. The Hall–Kier alpha value is -2.70. The number of fused-ring (bicyclic) bond motifs is 1. The van der Waals surface area contributed by atoms with Crippen molar-refractivity contribution in [1.82, 2.24) is 9.55 Å². The van der Waals surface area contributed by atoms with E-state index in [2.05, 4.69) is 4.98 Å². The summed E-state index contributed by atoms with van der Waals surface area (Å²) in [5.41, 5.74) is 6.62. The van der Waals surface area contributed by atoms with Crippen molar-refractivity contribution in [2.24, 2.45) is 0 Å². The Bertz CT molecular complexity index is 953. The fourth-order valence-electron chi connectivity index (χ4n) is 2.82. The lowest BCUT2D eigenvalue weighted by molar-refractivity contribution is -0.145. The van der Waals surface area contributed by atoms with E-state index in [1.807, 2.05) is 20.8 Å². The molecule has 0 spiro atoms. The summed E-state index contributed by atoms with van der Waals surface area (Å²) < 4.78 is 41.6. The van der Waals surface area contributed by atoms with E-state index in [1.54, 1.807) is 18.2 Å². The van der Waals surface area contributed by atoms with Crippen LogP contribution >= 0.6 is 0 Å². The molecule has 2 aromatic carbocycles. The van der Waals surface area contributed by atoms with Crippen molar-refractivity contribution in [3.8, 4) is 11.4 Å². The Kier molecular flexibility index (Phi) is 3.70. The van der Waals surface area contributed by atoms with Crippen molar-refractivity contribution in [3.05, 3.63) is 47.8 Å². The number of rotatable bonds is 1. The van der Waals surface area contributed by atoms with Gasteiger partial charge in [-0.05, 0) is 29.7 Å². The maximum atomic E-state index is 13.5. The standard InChI is InChI=1S/C18H18F3N3O/c1-17(2,3)11-8-10(9-12(22)15(11)25)24-14-7-5-4-6-13(14)23-16(24)18(19,20)21/h4-9,25H,22H2,1-3H3. The van der Waals surface area contributed by atoms with Crippen LogP contribution in [0.25, 0.3) is 16.7 Å². The Morgan fingerprint density at radius 3 is 2.32 bits per heavy atom. The first-order chi connectivity index (χ1) is 11.5. The zero-order valence-corrected chi connectivity index (χ0v) is 14.0. The number of phenolic OH excluding ortho intramolecular Hbond substituents is 1. The van der Waals surface area contributed by atoms with Crippen LogP contribution in [0.3, 0.4) is 0 Å². The van der Waals surface area contributed by atoms with E-state index in [1.165, 1.54) is 18.2 Å². The third-order valence-electron chi connectivity index (χ3n) is 4.00. The number of phenols is 1. The van der Waals surface area contributed by atoms with E-state index in [0.29, 0.717) is 11.1 Å². The maximum absolute atomic E-state index is 13.5. The lowest BCUT2D eigenvalue weighted by atomic mass is 9.85. The normalized spacial score (nSPS) is 12.7. The van der Waals surface area contributed by atoms with Crippen molar-refractivity contribution in [2.75, 3.05) is 5.73 Å². The van der Waals surface area contributed by atoms with Crippen LogP contribution < -0.4 is 5.73 Å². The van der Waals surface area contributed by atoms with Crippen molar-refractivity contribution in [3.63, 3.8) is 0 Å². The van der Waals surface area contributed by atoms with Gasteiger partial charge in [0.2, 0.25) is 5.82 Å². The number of alkyl halides is 3. The number of nitrogens with zero attached hydrogens (tertiary/aromatic N) is 2. The second-order valence-electron chi connectivity index (χ2n) is 6.94. The Morgan fingerprint density at radius 2 is 1.72 bits per heavy atom. The largest absolute Gasteiger partial charge is 0.505 e. The van der Waals surface area contributed by atoms with Gasteiger partial charge in [-0.2, -0.15) is 13.2 Å². The second kappa shape index (κ2) is 5.40. The molecule has 0 aliphatic rings. The molecule has 3 aromatic rings. The van der Waals surface area contributed by atoms with Gasteiger partial charge in [-0.25, -0.2) is 4.98 Å². The number of nitrogens with two attached hydrogens (primary N) is 1. The summed E-state index contributed by atoms with van der Waals surface area (Å²) in [6, 6.07) is 9.22. The van der Waals surface area contributed by atoms with Gasteiger partial charge in [0.25, 0.3) is 0 Å². The number of benzene rings is 2. The molecule has 3 rings (SSSR count). The van der Waals surface area contributed by atoms with Crippen molar-refractivity contribution in [2.45, 2.75) is 32.4 Å². The van der Waals surface area contributed by atoms with Gasteiger partial charge in [0, 0.05) is 5.56 Å². The highest BCUT2D eigenvalue weighted by Gasteiger charge is 2.38. The van der Waals surface area contributed by atoms with E-state index in [-0.39, 0.29) is 22.6 Å². The predicted octanol–water partition coefficient (Wildman–Crippen LogP) is 4.63.